The molecule has 3 aromatic carbocycles. The monoisotopic (exact) mass is 295 g/mol. The molecule has 0 radical (unpaired) electrons. The van der Waals surface area contributed by atoms with Gasteiger partial charge in [-0.25, -0.2) is 0 Å². The highest BCUT2D eigenvalue weighted by molar-refractivity contribution is 6.28. The third-order valence-electron chi connectivity index (χ3n) is 4.28. The van der Waals surface area contributed by atoms with Crippen LogP contribution in [0.2, 0.25) is 0 Å². The Labute approximate surface area is 132 Å². The molecule has 23 heavy (non-hydrogen) atoms. The van der Waals surface area contributed by atoms with Crippen molar-refractivity contribution in [3.8, 4) is 23.3 Å². The maximum absolute atomic E-state index is 12.8. The molecule has 0 saturated carbocycles. The topological polar surface area (TPSA) is 90.7 Å². The third kappa shape index (κ3) is 1.50. The minimum absolute atomic E-state index is 0.0910. The van der Waals surface area contributed by atoms with Gasteiger partial charge in [0, 0.05) is 27.5 Å². The van der Waals surface area contributed by atoms with Crippen LogP contribution >= 0.6 is 0 Å². The van der Waals surface area contributed by atoms with Crippen LogP contribution in [0.1, 0.15) is 27.0 Å². The Hall–Kier alpha value is -3.63. The van der Waals surface area contributed by atoms with E-state index in [2.05, 4.69) is 6.07 Å². The first-order valence-corrected chi connectivity index (χ1v) is 7.01. The molecule has 0 amide bonds. The first-order chi connectivity index (χ1) is 11.2. The molecule has 0 aromatic heterocycles. The predicted molar refractivity (Wildman–Crippen MR) is 86.7 cm³/mol. The van der Waals surface area contributed by atoms with E-state index in [4.69, 9.17) is 5.73 Å². The van der Waals surface area contributed by atoms with Crippen LogP contribution in [-0.4, -0.2) is 5.78 Å². The van der Waals surface area contributed by atoms with Crippen molar-refractivity contribution < 1.29 is 4.79 Å². The van der Waals surface area contributed by atoms with Crippen LogP contribution in [0.3, 0.4) is 0 Å². The number of anilines is 1. The van der Waals surface area contributed by atoms with Gasteiger partial charge in [-0.3, -0.25) is 4.79 Å². The number of hydrogen-bond acceptors (Lipinski definition) is 4. The zero-order valence-electron chi connectivity index (χ0n) is 11.9. The molecule has 0 fully saturated rings. The number of nitrogen functional groups attached to an aromatic ring is 1. The molecule has 4 rings (SSSR count). The lowest BCUT2D eigenvalue weighted by molar-refractivity contribution is 0.104. The molecule has 106 valence electrons. The van der Waals surface area contributed by atoms with Gasteiger partial charge < -0.3 is 5.73 Å². The van der Waals surface area contributed by atoms with Gasteiger partial charge in [0.1, 0.15) is 12.1 Å². The van der Waals surface area contributed by atoms with Crippen molar-refractivity contribution in [3.05, 3.63) is 64.7 Å². The van der Waals surface area contributed by atoms with Crippen molar-refractivity contribution in [1.29, 1.82) is 10.5 Å². The number of carbonyl (C=O) groups excluding carboxylic acids is 1. The fourth-order valence-electron chi connectivity index (χ4n) is 3.30. The predicted octanol–water partition coefficient (Wildman–Crippen LogP) is 3.38. The summed E-state index contributed by atoms with van der Waals surface area (Å²) < 4.78 is 0. The molecule has 0 heterocycles. The van der Waals surface area contributed by atoms with Crippen LogP contribution in [-0.2, 0) is 0 Å². The quantitative estimate of drug-likeness (QED) is 0.503. The van der Waals surface area contributed by atoms with Gasteiger partial charge in [-0.05, 0) is 5.56 Å². The highest BCUT2D eigenvalue weighted by Gasteiger charge is 2.29. The SMILES string of the molecule is N#Cc1c(C#N)c2c3c(cccc3c1N)C(=O)c1ccccc1-2. The molecular formula is C19H9N3O. The number of nitrogens with two attached hydrogens (primary N) is 1. The Morgan fingerprint density at radius 1 is 0.826 bits per heavy atom. The fourth-order valence-corrected chi connectivity index (χ4v) is 3.30. The number of fused-ring (bicyclic) bond motifs is 2. The zero-order valence-corrected chi connectivity index (χ0v) is 11.9. The standard InChI is InChI=1S/C19H9N3O/c20-8-14-15(9-21)18(22)12-6-3-7-13-17(12)16(14)10-4-1-2-5-11(10)19(13)23/h1-7H,22H2. The molecule has 0 saturated heterocycles. The van der Waals surface area contributed by atoms with Crippen molar-refractivity contribution in [2.24, 2.45) is 0 Å². The van der Waals surface area contributed by atoms with E-state index in [1.807, 2.05) is 12.1 Å². The van der Waals surface area contributed by atoms with E-state index >= 15 is 0 Å². The van der Waals surface area contributed by atoms with E-state index in [1.54, 1.807) is 36.4 Å². The molecule has 0 atom stereocenters. The first kappa shape index (κ1) is 13.1. The summed E-state index contributed by atoms with van der Waals surface area (Å²) in [7, 11) is 0. The van der Waals surface area contributed by atoms with Crippen molar-refractivity contribution in [1.82, 2.24) is 0 Å². The summed E-state index contributed by atoms with van der Waals surface area (Å²) in [6.45, 7) is 0. The van der Waals surface area contributed by atoms with Gasteiger partial charge in [-0.1, -0.05) is 42.5 Å². The Morgan fingerprint density at radius 3 is 2.17 bits per heavy atom. The highest BCUT2D eigenvalue weighted by Crippen LogP contribution is 2.44. The summed E-state index contributed by atoms with van der Waals surface area (Å²) in [5, 5.41) is 20.4. The molecule has 2 N–H and O–H groups in total. The van der Waals surface area contributed by atoms with Crippen LogP contribution in [0.5, 0.6) is 0 Å². The summed E-state index contributed by atoms with van der Waals surface area (Å²) in [6, 6.07) is 16.5. The molecule has 3 aromatic rings. The molecule has 0 bridgehead atoms. The van der Waals surface area contributed by atoms with Gasteiger partial charge in [0.2, 0.25) is 0 Å². The lowest BCUT2D eigenvalue weighted by atomic mass is 9.79. The molecule has 1 aliphatic carbocycles. The summed E-state index contributed by atoms with van der Waals surface area (Å²) in [6.07, 6.45) is 0. The molecule has 0 spiro atoms. The van der Waals surface area contributed by atoms with Crippen LogP contribution in [0.4, 0.5) is 5.69 Å². The van der Waals surface area contributed by atoms with E-state index in [1.165, 1.54) is 0 Å². The van der Waals surface area contributed by atoms with Gasteiger partial charge in [-0.2, -0.15) is 10.5 Å². The smallest absolute Gasteiger partial charge is 0.194 e. The maximum atomic E-state index is 12.8. The Kier molecular flexibility index (Phi) is 2.52. The summed E-state index contributed by atoms with van der Waals surface area (Å²) >= 11 is 0. The lowest BCUT2D eigenvalue weighted by Crippen LogP contribution is -2.12. The van der Waals surface area contributed by atoms with Crippen LogP contribution in [0.15, 0.2) is 42.5 Å². The Balaban J connectivity index is 2.38. The van der Waals surface area contributed by atoms with Crippen LogP contribution in [0, 0.1) is 22.7 Å². The van der Waals surface area contributed by atoms with Gasteiger partial charge in [-0.15, -0.1) is 0 Å². The van der Waals surface area contributed by atoms with E-state index in [0.717, 1.165) is 0 Å². The average molecular weight is 295 g/mol. The second-order valence-corrected chi connectivity index (χ2v) is 5.37. The van der Waals surface area contributed by atoms with E-state index in [-0.39, 0.29) is 22.6 Å². The fraction of sp³-hybridized carbons (Fsp3) is 0. The van der Waals surface area contributed by atoms with E-state index < -0.39 is 0 Å². The number of rotatable bonds is 0. The largest absolute Gasteiger partial charge is 0.397 e. The number of nitriles is 2. The van der Waals surface area contributed by atoms with Gasteiger partial charge in [0.05, 0.1) is 16.8 Å². The highest BCUT2D eigenvalue weighted by atomic mass is 16.1. The number of carbonyl (C=O) groups is 1. The summed E-state index contributed by atoms with van der Waals surface area (Å²) in [4.78, 5) is 12.8. The summed E-state index contributed by atoms with van der Waals surface area (Å²) in [5.74, 6) is -0.0910. The Bertz CT molecular complexity index is 1110. The minimum Gasteiger partial charge on any atom is -0.397 e. The van der Waals surface area contributed by atoms with Crippen LogP contribution < -0.4 is 5.73 Å². The van der Waals surface area contributed by atoms with Gasteiger partial charge in [0.15, 0.2) is 5.78 Å². The van der Waals surface area contributed by atoms with Crippen LogP contribution in [0.25, 0.3) is 21.9 Å². The van der Waals surface area contributed by atoms with Crippen molar-refractivity contribution in [3.63, 3.8) is 0 Å². The molecule has 4 heteroatoms. The van der Waals surface area contributed by atoms with Crippen molar-refractivity contribution >= 4 is 22.2 Å². The minimum atomic E-state index is -0.0910. The van der Waals surface area contributed by atoms with Crippen molar-refractivity contribution in [2.45, 2.75) is 0 Å². The molecular weight excluding hydrogens is 286 g/mol. The second kappa shape index (κ2) is 4.43. The number of ketones is 1. The van der Waals surface area contributed by atoms with Gasteiger partial charge >= 0.3 is 0 Å². The van der Waals surface area contributed by atoms with Gasteiger partial charge in [0.25, 0.3) is 0 Å². The third-order valence-corrected chi connectivity index (χ3v) is 4.28. The normalized spacial score (nSPS) is 11.7. The molecule has 0 aliphatic heterocycles. The number of nitrogens with zero attached hydrogens (tertiary/aromatic N) is 2. The maximum Gasteiger partial charge on any atom is 0.194 e. The molecule has 1 aliphatic rings. The second-order valence-electron chi connectivity index (χ2n) is 5.37. The number of hydrogen-bond donors (Lipinski definition) is 1. The number of benzene rings is 3. The first-order valence-electron chi connectivity index (χ1n) is 7.01. The summed E-state index contributed by atoms with van der Waals surface area (Å²) in [5.41, 5.74) is 9.10. The van der Waals surface area contributed by atoms with Crippen molar-refractivity contribution in [2.75, 3.05) is 5.73 Å². The van der Waals surface area contributed by atoms with E-state index in [9.17, 15) is 15.3 Å². The van der Waals surface area contributed by atoms with E-state index in [0.29, 0.717) is 33.0 Å². The zero-order chi connectivity index (χ0) is 16.1. The Morgan fingerprint density at radius 2 is 1.48 bits per heavy atom. The lowest BCUT2D eigenvalue weighted by Gasteiger charge is -2.22. The molecule has 0 unspecified atom stereocenters. The molecule has 4 nitrogen and oxygen atoms in total. The average Bonchev–Trinajstić information content (AvgIpc) is 2.60.